The Morgan fingerprint density at radius 2 is 0.519 bits per heavy atom. The minimum Gasteiger partial charge on any atom is -0.508 e. The minimum absolute atomic E-state index is 0.0371. The van der Waals surface area contributed by atoms with Gasteiger partial charge < -0.3 is 20.4 Å². The number of hydrogen-bond acceptors (Lipinski definition) is 4. The molecule has 0 saturated heterocycles. The SMILES string of the molecule is Cc1cc(O)c(C(C)(C)C)cc1C(CCC(c1cc(C(C)(C)C)c(O)cc1C)c1cc(C(C)(C)C)c(O)cc1C)c1cc(C(C)(C)C)c(O)cc1C. The first kappa shape index (κ1) is 40.8. The second kappa shape index (κ2) is 14.1. The van der Waals surface area contributed by atoms with Crippen LogP contribution in [-0.4, -0.2) is 20.4 Å². The summed E-state index contributed by atoms with van der Waals surface area (Å²) in [5, 5.41) is 44.7. The van der Waals surface area contributed by atoms with Crippen molar-refractivity contribution in [2.24, 2.45) is 0 Å². The third-order valence-corrected chi connectivity index (χ3v) is 11.0. The van der Waals surface area contributed by atoms with Gasteiger partial charge in [0.25, 0.3) is 0 Å². The van der Waals surface area contributed by atoms with Gasteiger partial charge in [-0.1, -0.05) is 107 Å². The number of phenolic OH excluding ortho intramolecular Hbond substituents is 4. The molecule has 0 atom stereocenters. The molecule has 282 valence electrons. The van der Waals surface area contributed by atoms with Gasteiger partial charge in [0, 0.05) is 11.8 Å². The highest BCUT2D eigenvalue weighted by Crippen LogP contribution is 2.47. The lowest BCUT2D eigenvalue weighted by Gasteiger charge is -2.32. The molecule has 4 rings (SSSR count). The molecule has 0 aliphatic rings. The van der Waals surface area contributed by atoms with Crippen molar-refractivity contribution in [2.45, 2.75) is 157 Å². The molecule has 0 bridgehead atoms. The van der Waals surface area contributed by atoms with E-state index in [1.54, 1.807) is 0 Å². The van der Waals surface area contributed by atoms with Crippen LogP contribution in [0.3, 0.4) is 0 Å². The Balaban J connectivity index is 2.06. The van der Waals surface area contributed by atoms with Crippen molar-refractivity contribution < 1.29 is 20.4 Å². The summed E-state index contributed by atoms with van der Waals surface area (Å²) in [6.07, 6.45) is 1.57. The molecule has 0 fully saturated rings. The molecule has 0 saturated carbocycles. The summed E-state index contributed by atoms with van der Waals surface area (Å²) in [4.78, 5) is 0. The lowest BCUT2D eigenvalue weighted by molar-refractivity contribution is 0.442. The molecule has 0 aliphatic heterocycles. The van der Waals surface area contributed by atoms with Crippen LogP contribution in [0.4, 0.5) is 0 Å². The van der Waals surface area contributed by atoms with E-state index in [4.69, 9.17) is 0 Å². The topological polar surface area (TPSA) is 80.9 Å². The van der Waals surface area contributed by atoms with Gasteiger partial charge in [0.15, 0.2) is 0 Å². The fourth-order valence-electron chi connectivity index (χ4n) is 8.03. The lowest BCUT2D eigenvalue weighted by atomic mass is 9.73. The van der Waals surface area contributed by atoms with Crippen molar-refractivity contribution in [1.29, 1.82) is 0 Å². The predicted octanol–water partition coefficient (Wildman–Crippen LogP) is 12.7. The summed E-state index contributed by atoms with van der Waals surface area (Å²) in [5.74, 6) is 1.17. The standard InChI is InChI=1S/C48H66O4/c1-27-19-41(49)37(45(5,6)7)23-33(27)31(34-24-38(46(8,9)10)42(50)20-28(34)2)17-18-32(35-25-39(47(11,12)13)43(51)21-29(35)3)36-26-40(48(14,15)16)44(52)22-30(36)4/h19-26,31-32,49-52H,17-18H2,1-16H3. The number of aryl methyl sites for hydroxylation is 4. The molecule has 52 heavy (non-hydrogen) atoms. The van der Waals surface area contributed by atoms with Gasteiger partial charge in [-0.2, -0.15) is 0 Å². The second-order valence-corrected chi connectivity index (χ2v) is 19.6. The van der Waals surface area contributed by atoms with Gasteiger partial charge in [0.1, 0.15) is 23.0 Å². The van der Waals surface area contributed by atoms with E-state index in [0.29, 0.717) is 23.0 Å². The van der Waals surface area contributed by atoms with Crippen LogP contribution >= 0.6 is 0 Å². The fraction of sp³-hybridized carbons (Fsp3) is 0.500. The molecule has 0 unspecified atom stereocenters. The molecule has 4 aromatic rings. The first-order valence-electron chi connectivity index (χ1n) is 19.0. The van der Waals surface area contributed by atoms with Crippen LogP contribution in [0.2, 0.25) is 0 Å². The summed E-state index contributed by atoms with van der Waals surface area (Å²) in [6.45, 7) is 34.0. The minimum atomic E-state index is -0.265. The zero-order chi connectivity index (χ0) is 39.5. The first-order chi connectivity index (χ1) is 23.6. The Labute approximate surface area is 315 Å². The third kappa shape index (κ3) is 8.48. The van der Waals surface area contributed by atoms with Crippen molar-refractivity contribution >= 4 is 0 Å². The number of phenols is 4. The highest BCUT2D eigenvalue weighted by molar-refractivity contribution is 5.55. The molecule has 0 spiro atoms. The Morgan fingerprint density at radius 3 is 0.673 bits per heavy atom. The Hall–Kier alpha value is -3.92. The van der Waals surface area contributed by atoms with Gasteiger partial charge in [-0.05, 0) is 153 Å². The lowest BCUT2D eigenvalue weighted by Crippen LogP contribution is -2.18. The van der Waals surface area contributed by atoms with Crippen LogP contribution in [0, 0.1) is 27.7 Å². The van der Waals surface area contributed by atoms with Crippen LogP contribution in [0.15, 0.2) is 48.5 Å². The van der Waals surface area contributed by atoms with Crippen molar-refractivity contribution in [2.75, 3.05) is 0 Å². The van der Waals surface area contributed by atoms with Crippen LogP contribution in [0.5, 0.6) is 23.0 Å². The highest BCUT2D eigenvalue weighted by atomic mass is 16.3. The summed E-state index contributed by atoms with van der Waals surface area (Å²) in [6, 6.07) is 16.5. The molecular weight excluding hydrogens is 641 g/mol. The molecule has 4 N–H and O–H groups in total. The zero-order valence-electron chi connectivity index (χ0n) is 35.0. The van der Waals surface area contributed by atoms with Gasteiger partial charge in [0.05, 0.1) is 0 Å². The van der Waals surface area contributed by atoms with E-state index >= 15 is 0 Å². The molecule has 0 aliphatic carbocycles. The summed E-state index contributed by atoms with van der Waals surface area (Å²) in [5.41, 5.74) is 11.4. The van der Waals surface area contributed by atoms with E-state index in [1.165, 1.54) is 22.3 Å². The van der Waals surface area contributed by atoms with E-state index in [0.717, 1.165) is 57.3 Å². The number of aromatic hydroxyl groups is 4. The molecule has 0 radical (unpaired) electrons. The summed E-state index contributed by atoms with van der Waals surface area (Å²) < 4.78 is 0. The van der Waals surface area contributed by atoms with Crippen LogP contribution in [0.1, 0.15) is 175 Å². The van der Waals surface area contributed by atoms with Gasteiger partial charge in [-0.15, -0.1) is 0 Å². The van der Waals surface area contributed by atoms with Crippen molar-refractivity contribution in [3.8, 4) is 23.0 Å². The average molecular weight is 707 g/mol. The van der Waals surface area contributed by atoms with E-state index in [2.05, 4.69) is 135 Å². The first-order valence-corrected chi connectivity index (χ1v) is 19.0. The quantitative estimate of drug-likeness (QED) is 0.154. The van der Waals surface area contributed by atoms with Crippen LogP contribution in [-0.2, 0) is 21.7 Å². The number of rotatable bonds is 7. The van der Waals surface area contributed by atoms with Crippen molar-refractivity contribution in [3.63, 3.8) is 0 Å². The molecule has 0 heterocycles. The van der Waals surface area contributed by atoms with Gasteiger partial charge >= 0.3 is 0 Å². The van der Waals surface area contributed by atoms with Gasteiger partial charge in [-0.25, -0.2) is 0 Å². The zero-order valence-corrected chi connectivity index (χ0v) is 35.0. The maximum atomic E-state index is 11.2. The number of benzene rings is 4. The second-order valence-electron chi connectivity index (χ2n) is 19.6. The normalized spacial score (nSPS) is 13.0. The summed E-state index contributed by atoms with van der Waals surface area (Å²) >= 11 is 0. The molecule has 0 amide bonds. The maximum absolute atomic E-state index is 11.2. The van der Waals surface area contributed by atoms with Crippen LogP contribution < -0.4 is 0 Å². The molecular formula is C48H66O4. The molecule has 4 aromatic carbocycles. The van der Waals surface area contributed by atoms with E-state index < -0.39 is 0 Å². The monoisotopic (exact) mass is 706 g/mol. The molecule has 4 nitrogen and oxygen atoms in total. The average Bonchev–Trinajstić information content (AvgIpc) is 2.95. The fourth-order valence-corrected chi connectivity index (χ4v) is 8.03. The van der Waals surface area contributed by atoms with E-state index in [9.17, 15) is 20.4 Å². The Bertz CT molecular complexity index is 1670. The Kier molecular flexibility index (Phi) is 11.1. The van der Waals surface area contributed by atoms with Gasteiger partial charge in [0.2, 0.25) is 0 Å². The highest BCUT2D eigenvalue weighted by Gasteiger charge is 2.31. The van der Waals surface area contributed by atoms with Gasteiger partial charge in [-0.3, -0.25) is 0 Å². The molecule has 4 heteroatoms. The van der Waals surface area contributed by atoms with E-state index in [1.807, 2.05) is 24.3 Å². The predicted molar refractivity (Wildman–Crippen MR) is 219 cm³/mol. The Morgan fingerprint density at radius 1 is 0.346 bits per heavy atom. The van der Waals surface area contributed by atoms with Crippen molar-refractivity contribution in [1.82, 2.24) is 0 Å². The summed E-state index contributed by atoms with van der Waals surface area (Å²) in [7, 11) is 0. The number of hydrogen-bond donors (Lipinski definition) is 4. The maximum Gasteiger partial charge on any atom is 0.119 e. The van der Waals surface area contributed by atoms with Crippen LogP contribution in [0.25, 0.3) is 0 Å². The molecule has 0 aromatic heterocycles. The van der Waals surface area contributed by atoms with Crippen molar-refractivity contribution in [3.05, 3.63) is 115 Å². The smallest absolute Gasteiger partial charge is 0.119 e. The van der Waals surface area contributed by atoms with E-state index in [-0.39, 0.29) is 33.5 Å². The largest absolute Gasteiger partial charge is 0.508 e. The third-order valence-electron chi connectivity index (χ3n) is 11.0.